The Balaban J connectivity index is 2.38. The fourth-order valence-electron chi connectivity index (χ4n) is 1.80. The molecule has 5 nitrogen and oxygen atoms in total. The summed E-state index contributed by atoms with van der Waals surface area (Å²) in [6.45, 7) is 1.93. The maximum Gasteiger partial charge on any atom is 0.322 e. The molecule has 0 aromatic heterocycles. The molecule has 94 valence electrons. The van der Waals surface area contributed by atoms with Crippen LogP contribution in [0.25, 0.3) is 0 Å². The van der Waals surface area contributed by atoms with Gasteiger partial charge in [-0.05, 0) is 19.1 Å². The minimum Gasteiger partial charge on any atom is -0.494 e. The monoisotopic (exact) mass is 247 g/mol. The number of Topliss-reactive ketones (excluding diaryl/α,β-unsaturated/α-hetero) is 1. The zero-order chi connectivity index (χ0) is 13.1. The number of nitrogens with zero attached hydrogens (tertiary/aromatic N) is 1. The SMILES string of the molecule is CCOC(=O)C1C=Nc2c(OC)cccc2C1=O. The largest absolute Gasteiger partial charge is 0.494 e. The normalized spacial score (nSPS) is 17.2. The summed E-state index contributed by atoms with van der Waals surface area (Å²) in [7, 11) is 1.51. The number of aliphatic imine (C=N–C) groups is 1. The third-order valence-electron chi connectivity index (χ3n) is 2.66. The summed E-state index contributed by atoms with van der Waals surface area (Å²) >= 11 is 0. The summed E-state index contributed by atoms with van der Waals surface area (Å²) in [4.78, 5) is 27.9. The Morgan fingerprint density at radius 2 is 2.22 bits per heavy atom. The lowest BCUT2D eigenvalue weighted by Gasteiger charge is -2.17. The highest BCUT2D eigenvalue weighted by Gasteiger charge is 2.32. The summed E-state index contributed by atoms with van der Waals surface area (Å²) in [5.41, 5.74) is 0.848. The Kier molecular flexibility index (Phi) is 3.41. The Hall–Kier alpha value is -2.17. The Morgan fingerprint density at radius 3 is 2.89 bits per heavy atom. The van der Waals surface area contributed by atoms with Gasteiger partial charge in [0.05, 0.1) is 13.7 Å². The number of esters is 1. The number of ether oxygens (including phenoxy) is 2. The molecule has 0 N–H and O–H groups in total. The molecule has 2 rings (SSSR count). The van der Waals surface area contributed by atoms with Crippen molar-refractivity contribution < 1.29 is 19.1 Å². The van der Waals surface area contributed by atoms with E-state index in [2.05, 4.69) is 4.99 Å². The number of ketones is 1. The lowest BCUT2D eigenvalue weighted by atomic mass is 9.94. The van der Waals surface area contributed by atoms with Gasteiger partial charge < -0.3 is 9.47 Å². The quantitative estimate of drug-likeness (QED) is 0.603. The van der Waals surface area contributed by atoms with Crippen LogP contribution in [0.15, 0.2) is 23.2 Å². The standard InChI is InChI=1S/C13H13NO4/c1-3-18-13(16)9-7-14-11-8(12(9)15)5-4-6-10(11)17-2/h4-7,9H,3H2,1-2H3. The second-order valence-electron chi connectivity index (χ2n) is 3.73. The van der Waals surface area contributed by atoms with Crippen LogP contribution in [0.4, 0.5) is 5.69 Å². The average Bonchev–Trinajstić information content (AvgIpc) is 2.39. The molecule has 18 heavy (non-hydrogen) atoms. The van der Waals surface area contributed by atoms with Gasteiger partial charge in [-0.3, -0.25) is 14.6 Å². The maximum atomic E-state index is 12.2. The zero-order valence-electron chi connectivity index (χ0n) is 10.2. The van der Waals surface area contributed by atoms with E-state index in [1.165, 1.54) is 13.3 Å². The summed E-state index contributed by atoms with van der Waals surface area (Å²) in [5, 5.41) is 0. The third kappa shape index (κ3) is 1.99. The fraction of sp³-hybridized carbons (Fsp3) is 0.308. The van der Waals surface area contributed by atoms with E-state index in [-0.39, 0.29) is 12.4 Å². The Labute approximate surface area is 104 Å². The molecule has 1 aromatic rings. The fourth-order valence-corrected chi connectivity index (χ4v) is 1.80. The maximum absolute atomic E-state index is 12.2. The van der Waals surface area contributed by atoms with Gasteiger partial charge >= 0.3 is 5.97 Å². The van der Waals surface area contributed by atoms with Crippen molar-refractivity contribution in [2.24, 2.45) is 10.9 Å². The highest BCUT2D eigenvalue weighted by atomic mass is 16.5. The smallest absolute Gasteiger partial charge is 0.322 e. The van der Waals surface area contributed by atoms with Gasteiger partial charge in [-0.15, -0.1) is 0 Å². The van der Waals surface area contributed by atoms with E-state index in [0.29, 0.717) is 17.0 Å². The van der Waals surface area contributed by atoms with E-state index >= 15 is 0 Å². The van der Waals surface area contributed by atoms with Crippen molar-refractivity contribution in [3.05, 3.63) is 23.8 Å². The predicted molar refractivity (Wildman–Crippen MR) is 65.6 cm³/mol. The summed E-state index contributed by atoms with van der Waals surface area (Å²) in [6.07, 6.45) is 1.31. The van der Waals surface area contributed by atoms with Crippen LogP contribution in [0.5, 0.6) is 5.75 Å². The van der Waals surface area contributed by atoms with E-state index in [1.807, 2.05) is 0 Å². The number of hydrogen-bond donors (Lipinski definition) is 0. The molecule has 1 aliphatic rings. The van der Waals surface area contributed by atoms with Gasteiger partial charge in [-0.1, -0.05) is 6.07 Å². The van der Waals surface area contributed by atoms with Crippen molar-refractivity contribution >= 4 is 23.7 Å². The van der Waals surface area contributed by atoms with E-state index in [0.717, 1.165) is 0 Å². The molecule has 1 unspecified atom stereocenters. The third-order valence-corrected chi connectivity index (χ3v) is 2.66. The number of fused-ring (bicyclic) bond motifs is 1. The van der Waals surface area contributed by atoms with Crippen LogP contribution in [-0.4, -0.2) is 31.7 Å². The van der Waals surface area contributed by atoms with Crippen molar-refractivity contribution in [1.82, 2.24) is 0 Å². The number of hydrogen-bond acceptors (Lipinski definition) is 5. The Morgan fingerprint density at radius 1 is 1.44 bits per heavy atom. The molecular weight excluding hydrogens is 234 g/mol. The molecule has 0 amide bonds. The van der Waals surface area contributed by atoms with Crippen molar-refractivity contribution in [1.29, 1.82) is 0 Å². The Bertz CT molecular complexity index is 522. The minimum atomic E-state index is -0.954. The van der Waals surface area contributed by atoms with Crippen molar-refractivity contribution in [3.63, 3.8) is 0 Å². The van der Waals surface area contributed by atoms with Gasteiger partial charge in [-0.25, -0.2) is 0 Å². The van der Waals surface area contributed by atoms with Crippen LogP contribution in [0.2, 0.25) is 0 Å². The van der Waals surface area contributed by atoms with E-state index in [9.17, 15) is 9.59 Å². The molecule has 0 bridgehead atoms. The van der Waals surface area contributed by atoms with Crippen LogP contribution in [0, 0.1) is 5.92 Å². The second-order valence-corrected chi connectivity index (χ2v) is 3.73. The number of para-hydroxylation sites is 1. The van der Waals surface area contributed by atoms with Gasteiger partial charge in [-0.2, -0.15) is 0 Å². The summed E-state index contributed by atoms with van der Waals surface area (Å²) in [5.74, 6) is -1.32. The molecule has 1 aromatic carbocycles. The highest BCUT2D eigenvalue weighted by Crippen LogP contribution is 2.35. The van der Waals surface area contributed by atoms with E-state index in [1.54, 1.807) is 25.1 Å². The zero-order valence-corrected chi connectivity index (χ0v) is 10.2. The van der Waals surface area contributed by atoms with Gasteiger partial charge in [0.25, 0.3) is 0 Å². The van der Waals surface area contributed by atoms with Gasteiger partial charge in [0, 0.05) is 11.8 Å². The van der Waals surface area contributed by atoms with Gasteiger partial charge in [0.1, 0.15) is 11.4 Å². The highest BCUT2D eigenvalue weighted by molar-refractivity contribution is 6.22. The first-order chi connectivity index (χ1) is 8.69. The van der Waals surface area contributed by atoms with Crippen molar-refractivity contribution in [2.75, 3.05) is 13.7 Å². The van der Waals surface area contributed by atoms with Crippen LogP contribution in [0.1, 0.15) is 17.3 Å². The number of carbonyl (C=O) groups is 2. The predicted octanol–water partition coefficient (Wildman–Crippen LogP) is 1.77. The molecule has 0 saturated carbocycles. The molecule has 1 aliphatic heterocycles. The van der Waals surface area contributed by atoms with Crippen molar-refractivity contribution in [3.8, 4) is 5.75 Å². The molecule has 0 aliphatic carbocycles. The lowest BCUT2D eigenvalue weighted by molar-refractivity contribution is -0.143. The molecule has 1 atom stereocenters. The van der Waals surface area contributed by atoms with Gasteiger partial charge in [0.15, 0.2) is 11.7 Å². The number of benzene rings is 1. The molecule has 1 heterocycles. The van der Waals surface area contributed by atoms with E-state index in [4.69, 9.17) is 9.47 Å². The van der Waals surface area contributed by atoms with E-state index < -0.39 is 11.9 Å². The summed E-state index contributed by atoms with van der Waals surface area (Å²) in [6, 6.07) is 5.04. The lowest BCUT2D eigenvalue weighted by Crippen LogP contribution is -2.29. The number of carbonyl (C=O) groups excluding carboxylic acids is 2. The minimum absolute atomic E-state index is 0.238. The van der Waals surface area contributed by atoms with Crippen LogP contribution < -0.4 is 4.74 Å². The molecule has 0 spiro atoms. The summed E-state index contributed by atoms with van der Waals surface area (Å²) < 4.78 is 9.96. The molecule has 0 saturated heterocycles. The average molecular weight is 247 g/mol. The number of methoxy groups -OCH3 is 1. The first-order valence-corrected chi connectivity index (χ1v) is 5.61. The van der Waals surface area contributed by atoms with Crippen molar-refractivity contribution in [2.45, 2.75) is 6.92 Å². The van der Waals surface area contributed by atoms with Crippen LogP contribution in [0.3, 0.4) is 0 Å². The number of rotatable bonds is 3. The molecule has 0 radical (unpaired) electrons. The molecule has 5 heteroatoms. The first-order valence-electron chi connectivity index (χ1n) is 5.61. The molecule has 0 fully saturated rings. The molecular formula is C13H13NO4. The van der Waals surface area contributed by atoms with Gasteiger partial charge in [0.2, 0.25) is 0 Å². The second kappa shape index (κ2) is 5.00. The topological polar surface area (TPSA) is 65.0 Å². The first kappa shape index (κ1) is 12.3. The van der Waals surface area contributed by atoms with Crippen LogP contribution in [-0.2, 0) is 9.53 Å². The van der Waals surface area contributed by atoms with Crippen LogP contribution >= 0.6 is 0 Å².